The van der Waals surface area contributed by atoms with E-state index in [1.165, 1.54) is 30.3 Å². The average Bonchev–Trinajstić information content (AvgIpc) is 2.96. The fraction of sp³-hybridized carbons (Fsp3) is 0.125. The molecule has 0 radical (unpaired) electrons. The molecule has 3 N–H and O–H groups in total. The van der Waals surface area contributed by atoms with Gasteiger partial charge >= 0.3 is 5.97 Å². The van der Waals surface area contributed by atoms with Crippen LogP contribution in [-0.2, 0) is 24.3 Å². The summed E-state index contributed by atoms with van der Waals surface area (Å²) >= 11 is 0. The number of amides is 1. The van der Waals surface area contributed by atoms with Gasteiger partial charge in [0, 0.05) is 11.8 Å². The number of ether oxygens (including phenoxy) is 1. The van der Waals surface area contributed by atoms with Crippen molar-refractivity contribution in [3.05, 3.63) is 54.0 Å². The van der Waals surface area contributed by atoms with E-state index >= 15 is 0 Å². The van der Waals surface area contributed by atoms with Crippen molar-refractivity contribution in [2.75, 3.05) is 11.9 Å². The van der Waals surface area contributed by atoms with Crippen molar-refractivity contribution >= 4 is 33.7 Å². The highest BCUT2D eigenvalue weighted by Crippen LogP contribution is 2.12. The summed E-state index contributed by atoms with van der Waals surface area (Å²) in [6.07, 6.45) is 2.58. The Kier molecular flexibility index (Phi) is 5.73. The number of nitrogens with one attached hydrogen (secondary N) is 1. The van der Waals surface area contributed by atoms with Crippen LogP contribution in [0.1, 0.15) is 11.5 Å². The smallest absolute Gasteiger partial charge is 0.331 e. The van der Waals surface area contributed by atoms with Crippen LogP contribution in [0.15, 0.2) is 51.8 Å². The second-order valence-corrected chi connectivity index (χ2v) is 6.57. The molecule has 0 saturated heterocycles. The van der Waals surface area contributed by atoms with Gasteiger partial charge in [0.15, 0.2) is 6.61 Å². The maximum atomic E-state index is 11.7. The monoisotopic (exact) mass is 364 g/mol. The maximum absolute atomic E-state index is 11.7. The first-order chi connectivity index (χ1) is 11.7. The lowest BCUT2D eigenvalue weighted by Crippen LogP contribution is -2.20. The van der Waals surface area contributed by atoms with Crippen LogP contribution in [0.25, 0.3) is 6.08 Å². The third-order valence-electron chi connectivity index (χ3n) is 2.96. The summed E-state index contributed by atoms with van der Waals surface area (Å²) in [6, 6.07) is 8.70. The molecule has 0 aliphatic carbocycles. The van der Waals surface area contributed by atoms with Gasteiger partial charge in [0.25, 0.3) is 5.91 Å². The zero-order valence-electron chi connectivity index (χ0n) is 13.3. The van der Waals surface area contributed by atoms with Gasteiger partial charge in [-0.3, -0.25) is 4.79 Å². The Labute approximate surface area is 144 Å². The lowest BCUT2D eigenvalue weighted by Gasteiger charge is -2.06. The summed E-state index contributed by atoms with van der Waals surface area (Å²) in [6.45, 7) is 1.28. The second kappa shape index (κ2) is 7.77. The summed E-state index contributed by atoms with van der Waals surface area (Å²) in [5, 5.41) is 7.43. The number of aryl methyl sites for hydroxylation is 1. The van der Waals surface area contributed by atoms with Gasteiger partial charge in [-0.1, -0.05) is 0 Å². The van der Waals surface area contributed by atoms with Gasteiger partial charge in [0.05, 0.1) is 4.90 Å². The molecule has 8 nitrogen and oxygen atoms in total. The Balaban J connectivity index is 1.82. The molecule has 0 spiro atoms. The van der Waals surface area contributed by atoms with Gasteiger partial charge < -0.3 is 14.5 Å². The van der Waals surface area contributed by atoms with Crippen molar-refractivity contribution in [2.45, 2.75) is 11.8 Å². The average molecular weight is 364 g/mol. The molecule has 2 rings (SSSR count). The molecule has 25 heavy (non-hydrogen) atoms. The highest BCUT2D eigenvalue weighted by atomic mass is 32.2. The van der Waals surface area contributed by atoms with Crippen LogP contribution in [0.3, 0.4) is 0 Å². The van der Waals surface area contributed by atoms with E-state index in [1.54, 1.807) is 19.1 Å². The van der Waals surface area contributed by atoms with E-state index in [9.17, 15) is 18.0 Å². The number of carbonyl (C=O) groups excluding carboxylic acids is 2. The summed E-state index contributed by atoms with van der Waals surface area (Å²) in [5.74, 6) is -0.0672. The number of nitrogens with two attached hydrogens (primary N) is 1. The van der Waals surface area contributed by atoms with Crippen molar-refractivity contribution in [3.8, 4) is 0 Å². The van der Waals surface area contributed by atoms with Crippen LogP contribution < -0.4 is 10.5 Å². The van der Waals surface area contributed by atoms with Crippen molar-refractivity contribution in [1.82, 2.24) is 0 Å². The van der Waals surface area contributed by atoms with Crippen LogP contribution in [0.4, 0.5) is 5.69 Å². The largest absolute Gasteiger partial charge is 0.462 e. The zero-order chi connectivity index (χ0) is 18.4. The minimum absolute atomic E-state index is 0.0739. The molecule has 0 aliphatic rings. The number of furan rings is 1. The van der Waals surface area contributed by atoms with Crippen LogP contribution in [0.2, 0.25) is 0 Å². The molecule has 1 aromatic heterocycles. The maximum Gasteiger partial charge on any atom is 0.331 e. The molecule has 9 heteroatoms. The number of primary sulfonamides is 1. The molecule has 1 amide bonds. The first-order valence-corrected chi connectivity index (χ1v) is 8.63. The lowest BCUT2D eigenvalue weighted by molar-refractivity contribution is -0.142. The van der Waals surface area contributed by atoms with Gasteiger partial charge in [-0.15, -0.1) is 0 Å². The van der Waals surface area contributed by atoms with Crippen molar-refractivity contribution < 1.29 is 27.2 Å². The molecule has 0 saturated carbocycles. The van der Waals surface area contributed by atoms with Crippen molar-refractivity contribution in [2.24, 2.45) is 5.14 Å². The van der Waals surface area contributed by atoms with E-state index in [0.29, 0.717) is 17.2 Å². The zero-order valence-corrected chi connectivity index (χ0v) is 14.1. The molecular weight excluding hydrogens is 348 g/mol. The normalized spacial score (nSPS) is 11.4. The SMILES string of the molecule is Cc1ccc(C=CC(=O)OCC(=O)Nc2ccc(S(N)(=O)=O)cc2)o1. The number of hydrogen-bond acceptors (Lipinski definition) is 6. The van der Waals surface area contributed by atoms with E-state index in [2.05, 4.69) is 5.32 Å². The van der Waals surface area contributed by atoms with Gasteiger partial charge in [-0.25, -0.2) is 18.4 Å². The minimum Gasteiger partial charge on any atom is -0.462 e. The van der Waals surface area contributed by atoms with Crippen LogP contribution in [-0.4, -0.2) is 26.9 Å². The Bertz CT molecular complexity index is 897. The molecule has 0 bridgehead atoms. The second-order valence-electron chi connectivity index (χ2n) is 5.01. The number of esters is 1. The highest BCUT2D eigenvalue weighted by molar-refractivity contribution is 7.89. The van der Waals surface area contributed by atoms with Gasteiger partial charge in [-0.2, -0.15) is 0 Å². The van der Waals surface area contributed by atoms with E-state index in [0.717, 1.165) is 6.08 Å². The lowest BCUT2D eigenvalue weighted by atomic mass is 10.3. The fourth-order valence-electron chi connectivity index (χ4n) is 1.80. The summed E-state index contributed by atoms with van der Waals surface area (Å²) < 4.78 is 32.3. The number of benzene rings is 1. The molecule has 1 heterocycles. The number of hydrogen-bond donors (Lipinski definition) is 2. The van der Waals surface area contributed by atoms with Gasteiger partial charge in [0.1, 0.15) is 11.5 Å². The van der Waals surface area contributed by atoms with Crippen LogP contribution >= 0.6 is 0 Å². The summed E-state index contributed by atoms with van der Waals surface area (Å²) in [7, 11) is -3.79. The third-order valence-corrected chi connectivity index (χ3v) is 3.89. The molecular formula is C16H16N2O6S. The molecule has 0 unspecified atom stereocenters. The first-order valence-electron chi connectivity index (χ1n) is 7.08. The topological polar surface area (TPSA) is 129 Å². The molecule has 0 aliphatic heterocycles. The Morgan fingerprint density at radius 1 is 1.20 bits per heavy atom. The van der Waals surface area contributed by atoms with E-state index in [-0.39, 0.29) is 4.90 Å². The molecule has 1 aromatic carbocycles. The Morgan fingerprint density at radius 2 is 1.88 bits per heavy atom. The number of carbonyl (C=O) groups is 2. The minimum atomic E-state index is -3.79. The van der Waals surface area contributed by atoms with Crippen LogP contribution in [0.5, 0.6) is 0 Å². The molecule has 0 atom stereocenters. The van der Waals surface area contributed by atoms with E-state index in [4.69, 9.17) is 14.3 Å². The number of sulfonamides is 1. The molecule has 2 aromatic rings. The fourth-order valence-corrected chi connectivity index (χ4v) is 2.32. The number of anilines is 1. The first kappa shape index (κ1) is 18.4. The van der Waals surface area contributed by atoms with Gasteiger partial charge in [0.2, 0.25) is 10.0 Å². The highest BCUT2D eigenvalue weighted by Gasteiger charge is 2.09. The Morgan fingerprint density at radius 3 is 2.44 bits per heavy atom. The van der Waals surface area contributed by atoms with Crippen LogP contribution in [0, 0.1) is 6.92 Å². The predicted molar refractivity (Wildman–Crippen MR) is 89.9 cm³/mol. The Hall–Kier alpha value is -2.91. The third kappa shape index (κ3) is 5.90. The van der Waals surface area contributed by atoms with E-state index < -0.39 is 28.5 Å². The summed E-state index contributed by atoms with van der Waals surface area (Å²) in [5.41, 5.74) is 0.343. The van der Waals surface area contributed by atoms with Gasteiger partial charge in [-0.05, 0) is 49.4 Å². The quantitative estimate of drug-likeness (QED) is 0.589. The molecule has 132 valence electrons. The van der Waals surface area contributed by atoms with Crippen molar-refractivity contribution in [1.29, 1.82) is 0 Å². The van der Waals surface area contributed by atoms with Crippen molar-refractivity contribution in [3.63, 3.8) is 0 Å². The van der Waals surface area contributed by atoms with E-state index in [1.807, 2.05) is 0 Å². The molecule has 0 fully saturated rings. The number of rotatable bonds is 6. The predicted octanol–water partition coefficient (Wildman–Crippen LogP) is 1.43. The summed E-state index contributed by atoms with van der Waals surface area (Å²) in [4.78, 5) is 23.2. The standard InChI is InChI=1S/C16H16N2O6S/c1-11-2-5-13(24-11)6-9-16(20)23-10-15(19)18-12-3-7-14(8-4-12)25(17,21)22/h2-9H,10H2,1H3,(H,18,19)(H2,17,21,22).